The number of hydrogen-bond acceptors (Lipinski definition) is 9. The summed E-state index contributed by atoms with van der Waals surface area (Å²) in [4.78, 5) is 17.8. The minimum absolute atomic E-state index is 0.367. The molecular formula is C16H24N6O3. The van der Waals surface area contributed by atoms with Crippen molar-refractivity contribution in [2.45, 2.75) is 27.0 Å². The topological polar surface area (TPSA) is 89.6 Å². The smallest absolute Gasteiger partial charge is 0.240 e. The van der Waals surface area contributed by atoms with Gasteiger partial charge in [-0.3, -0.25) is 4.90 Å². The number of piperazine rings is 1. The molecule has 0 N–H and O–H groups in total. The van der Waals surface area contributed by atoms with Crippen LogP contribution >= 0.6 is 0 Å². The Bertz CT molecular complexity index is 712. The SMILES string of the molecule is COCc1noc(CN2CCN(c3nc(C)nc(OC)c3C)CC2)n1. The van der Waals surface area contributed by atoms with Crippen LogP contribution in [0.3, 0.4) is 0 Å². The summed E-state index contributed by atoms with van der Waals surface area (Å²) in [6.07, 6.45) is 0. The minimum atomic E-state index is 0.367. The Balaban J connectivity index is 1.61. The molecule has 0 saturated carbocycles. The number of nitrogens with zero attached hydrogens (tertiary/aromatic N) is 6. The zero-order valence-corrected chi connectivity index (χ0v) is 15.2. The van der Waals surface area contributed by atoms with E-state index in [0.717, 1.165) is 43.4 Å². The van der Waals surface area contributed by atoms with Crippen molar-refractivity contribution in [2.24, 2.45) is 0 Å². The minimum Gasteiger partial charge on any atom is -0.481 e. The van der Waals surface area contributed by atoms with E-state index in [-0.39, 0.29) is 0 Å². The zero-order valence-electron chi connectivity index (χ0n) is 15.2. The fraction of sp³-hybridized carbons (Fsp3) is 0.625. The van der Waals surface area contributed by atoms with Gasteiger partial charge in [0, 0.05) is 33.3 Å². The molecule has 2 aromatic rings. The summed E-state index contributed by atoms with van der Waals surface area (Å²) in [5.74, 6) is 3.51. The predicted octanol–water partition coefficient (Wildman–Crippen LogP) is 0.954. The number of hydrogen-bond donors (Lipinski definition) is 0. The van der Waals surface area contributed by atoms with E-state index in [4.69, 9.17) is 14.0 Å². The van der Waals surface area contributed by atoms with Gasteiger partial charge in [0.25, 0.3) is 0 Å². The van der Waals surface area contributed by atoms with E-state index in [1.54, 1.807) is 14.2 Å². The molecule has 136 valence electrons. The first-order valence-corrected chi connectivity index (χ1v) is 8.27. The molecule has 1 aliphatic rings. The van der Waals surface area contributed by atoms with E-state index < -0.39 is 0 Å². The molecule has 0 spiro atoms. The molecule has 0 aliphatic carbocycles. The predicted molar refractivity (Wildman–Crippen MR) is 90.6 cm³/mol. The van der Waals surface area contributed by atoms with Crippen molar-refractivity contribution in [3.8, 4) is 5.88 Å². The van der Waals surface area contributed by atoms with Gasteiger partial charge in [-0.25, -0.2) is 4.98 Å². The molecule has 0 bridgehead atoms. The Kier molecular flexibility index (Phi) is 5.44. The highest BCUT2D eigenvalue weighted by atomic mass is 16.5. The van der Waals surface area contributed by atoms with Crippen LogP contribution in [0.25, 0.3) is 0 Å². The molecule has 1 fully saturated rings. The Morgan fingerprint density at radius 3 is 2.48 bits per heavy atom. The summed E-state index contributed by atoms with van der Waals surface area (Å²) in [6, 6.07) is 0. The van der Waals surface area contributed by atoms with Gasteiger partial charge in [-0.15, -0.1) is 0 Å². The third kappa shape index (κ3) is 4.05. The highest BCUT2D eigenvalue weighted by molar-refractivity contribution is 5.51. The molecule has 0 unspecified atom stereocenters. The molecule has 0 amide bonds. The second-order valence-corrected chi connectivity index (χ2v) is 6.03. The van der Waals surface area contributed by atoms with Crippen molar-refractivity contribution < 1.29 is 14.0 Å². The maximum absolute atomic E-state index is 5.35. The maximum Gasteiger partial charge on any atom is 0.240 e. The van der Waals surface area contributed by atoms with Crippen molar-refractivity contribution in [1.82, 2.24) is 25.0 Å². The van der Waals surface area contributed by atoms with Crippen LogP contribution in [0.15, 0.2) is 4.52 Å². The molecule has 2 aromatic heterocycles. The van der Waals surface area contributed by atoms with Gasteiger partial charge in [0.2, 0.25) is 11.8 Å². The van der Waals surface area contributed by atoms with Crippen LogP contribution in [0, 0.1) is 13.8 Å². The average Bonchev–Trinajstić information content (AvgIpc) is 3.05. The van der Waals surface area contributed by atoms with E-state index in [1.165, 1.54) is 0 Å². The molecule has 0 radical (unpaired) electrons. The van der Waals surface area contributed by atoms with Crippen LogP contribution in [0.1, 0.15) is 23.1 Å². The van der Waals surface area contributed by atoms with Crippen LogP contribution in [0.2, 0.25) is 0 Å². The number of rotatable bonds is 6. The fourth-order valence-corrected chi connectivity index (χ4v) is 2.95. The van der Waals surface area contributed by atoms with E-state index in [9.17, 15) is 0 Å². The monoisotopic (exact) mass is 348 g/mol. The van der Waals surface area contributed by atoms with Gasteiger partial charge >= 0.3 is 0 Å². The normalized spacial score (nSPS) is 15.6. The van der Waals surface area contributed by atoms with E-state index in [0.29, 0.717) is 30.7 Å². The molecular weight excluding hydrogens is 324 g/mol. The number of aromatic nitrogens is 4. The van der Waals surface area contributed by atoms with Crippen LogP contribution in [-0.2, 0) is 17.9 Å². The molecule has 9 heteroatoms. The fourth-order valence-electron chi connectivity index (χ4n) is 2.95. The van der Waals surface area contributed by atoms with E-state index in [2.05, 4.69) is 29.9 Å². The quantitative estimate of drug-likeness (QED) is 0.757. The third-order valence-corrected chi connectivity index (χ3v) is 4.19. The van der Waals surface area contributed by atoms with Gasteiger partial charge in [0.15, 0.2) is 5.82 Å². The first-order valence-electron chi connectivity index (χ1n) is 8.27. The zero-order chi connectivity index (χ0) is 17.8. The number of ether oxygens (including phenoxy) is 2. The van der Waals surface area contributed by atoms with Crippen molar-refractivity contribution in [1.29, 1.82) is 0 Å². The van der Waals surface area contributed by atoms with E-state index >= 15 is 0 Å². The van der Waals surface area contributed by atoms with Crippen molar-refractivity contribution >= 4 is 5.82 Å². The molecule has 9 nitrogen and oxygen atoms in total. The van der Waals surface area contributed by atoms with Gasteiger partial charge in [-0.1, -0.05) is 5.16 Å². The first-order chi connectivity index (χ1) is 12.1. The van der Waals surface area contributed by atoms with Gasteiger partial charge < -0.3 is 18.9 Å². The summed E-state index contributed by atoms with van der Waals surface area (Å²) < 4.78 is 15.6. The summed E-state index contributed by atoms with van der Waals surface area (Å²) >= 11 is 0. The van der Waals surface area contributed by atoms with Gasteiger partial charge in [0.05, 0.1) is 19.2 Å². The lowest BCUT2D eigenvalue weighted by Crippen LogP contribution is -2.46. The Labute approximate surface area is 147 Å². The molecule has 25 heavy (non-hydrogen) atoms. The van der Waals surface area contributed by atoms with Crippen molar-refractivity contribution in [3.05, 3.63) is 23.1 Å². The van der Waals surface area contributed by atoms with Gasteiger partial charge in [-0.2, -0.15) is 9.97 Å². The molecule has 0 aromatic carbocycles. The number of aryl methyl sites for hydroxylation is 1. The van der Waals surface area contributed by atoms with Gasteiger partial charge in [-0.05, 0) is 13.8 Å². The van der Waals surface area contributed by atoms with Crippen LogP contribution < -0.4 is 9.64 Å². The van der Waals surface area contributed by atoms with Crippen molar-refractivity contribution in [2.75, 3.05) is 45.3 Å². The van der Waals surface area contributed by atoms with Crippen molar-refractivity contribution in [3.63, 3.8) is 0 Å². The first kappa shape index (κ1) is 17.6. The third-order valence-electron chi connectivity index (χ3n) is 4.19. The van der Waals surface area contributed by atoms with Crippen LogP contribution in [-0.4, -0.2) is 65.4 Å². The summed E-state index contributed by atoms with van der Waals surface area (Å²) in [7, 11) is 3.25. The largest absolute Gasteiger partial charge is 0.481 e. The maximum atomic E-state index is 5.35. The summed E-state index contributed by atoms with van der Waals surface area (Å²) in [6.45, 7) is 8.43. The lowest BCUT2D eigenvalue weighted by Gasteiger charge is -2.35. The highest BCUT2D eigenvalue weighted by Crippen LogP contribution is 2.26. The lowest BCUT2D eigenvalue weighted by atomic mass is 10.2. The number of anilines is 1. The molecule has 0 atom stereocenters. The van der Waals surface area contributed by atoms with Crippen LogP contribution in [0.4, 0.5) is 5.82 Å². The van der Waals surface area contributed by atoms with Gasteiger partial charge in [0.1, 0.15) is 18.2 Å². The molecule has 1 saturated heterocycles. The number of methoxy groups -OCH3 is 2. The summed E-state index contributed by atoms with van der Waals surface area (Å²) in [5, 5.41) is 3.90. The van der Waals surface area contributed by atoms with Crippen LogP contribution in [0.5, 0.6) is 5.88 Å². The lowest BCUT2D eigenvalue weighted by molar-refractivity contribution is 0.174. The Morgan fingerprint density at radius 1 is 1.04 bits per heavy atom. The Hall–Kier alpha value is -2.26. The Morgan fingerprint density at radius 2 is 1.80 bits per heavy atom. The second kappa shape index (κ2) is 7.75. The highest BCUT2D eigenvalue weighted by Gasteiger charge is 2.23. The van der Waals surface area contributed by atoms with E-state index in [1.807, 2.05) is 13.8 Å². The second-order valence-electron chi connectivity index (χ2n) is 6.03. The summed E-state index contributed by atoms with van der Waals surface area (Å²) in [5.41, 5.74) is 0.975. The molecule has 3 heterocycles. The standard InChI is InChI=1S/C16H24N6O3/c1-11-15(17-12(2)18-16(11)24-4)22-7-5-21(6-8-22)9-14-19-13(10-23-3)20-25-14/h5-10H2,1-4H3. The molecule has 3 rings (SSSR count). The average molecular weight is 348 g/mol. The molecule has 1 aliphatic heterocycles.